The topological polar surface area (TPSA) is 88.1 Å². The number of carbonyl (C=O) groups excluding carboxylic acids is 1. The molecule has 2 aromatic carbocycles. The van der Waals surface area contributed by atoms with E-state index in [9.17, 15) is 13.2 Å². The van der Waals surface area contributed by atoms with Gasteiger partial charge in [-0.2, -0.15) is 12.0 Å². The van der Waals surface area contributed by atoms with Crippen molar-refractivity contribution >= 4 is 38.5 Å². The van der Waals surface area contributed by atoms with Gasteiger partial charge >= 0.3 is 16.6 Å². The second kappa shape index (κ2) is 8.94. The van der Waals surface area contributed by atoms with Crippen molar-refractivity contribution in [2.45, 2.75) is 11.5 Å². The van der Waals surface area contributed by atoms with Crippen LogP contribution in [0.25, 0.3) is 0 Å². The Labute approximate surface area is 165 Å². The summed E-state index contributed by atoms with van der Waals surface area (Å²) in [7, 11) is -5.17. The first-order chi connectivity index (χ1) is 12.6. The fraction of sp³-hybridized carbons (Fsp3) is 0.235. The molecular formula is C17H19ClO7S2. The van der Waals surface area contributed by atoms with Crippen LogP contribution in [0.4, 0.5) is 4.79 Å². The Bertz CT molecular complexity index is 896. The van der Waals surface area contributed by atoms with Crippen molar-refractivity contribution in [1.29, 1.82) is 0 Å². The van der Waals surface area contributed by atoms with Gasteiger partial charge in [-0.25, -0.2) is 4.79 Å². The maximum Gasteiger partial charge on any atom is 0.514 e. The minimum absolute atomic E-state index is 0.0174. The first kappa shape index (κ1) is 21.5. The Kier molecular flexibility index (Phi) is 7.12. The van der Waals surface area contributed by atoms with Crippen LogP contribution in [0.2, 0.25) is 5.02 Å². The van der Waals surface area contributed by atoms with Crippen LogP contribution in [0.15, 0.2) is 53.4 Å². The lowest BCUT2D eigenvalue weighted by molar-refractivity contribution is 0.0928. The van der Waals surface area contributed by atoms with Gasteiger partial charge in [-0.15, -0.1) is 0 Å². The van der Waals surface area contributed by atoms with Gasteiger partial charge in [-0.05, 0) is 42.8 Å². The number of rotatable bonds is 7. The summed E-state index contributed by atoms with van der Waals surface area (Å²) >= 11 is 5.99. The fourth-order valence-electron chi connectivity index (χ4n) is 1.99. The van der Waals surface area contributed by atoms with Crippen LogP contribution in [0.5, 0.6) is 5.75 Å². The van der Waals surface area contributed by atoms with Crippen LogP contribution in [0, 0.1) is 0 Å². The summed E-state index contributed by atoms with van der Waals surface area (Å²) in [5.74, 6) is 0.243. The van der Waals surface area contributed by atoms with E-state index in [0.717, 1.165) is 7.11 Å². The number of hydrogen-bond donors (Lipinski definition) is 0. The summed E-state index contributed by atoms with van der Waals surface area (Å²) in [6.07, 6.45) is 2.42. The predicted molar refractivity (Wildman–Crippen MR) is 103 cm³/mol. The van der Waals surface area contributed by atoms with Gasteiger partial charge in [0.1, 0.15) is 12.4 Å². The van der Waals surface area contributed by atoms with Gasteiger partial charge in [0.25, 0.3) is 0 Å². The van der Waals surface area contributed by atoms with E-state index in [1.807, 2.05) is 0 Å². The summed E-state index contributed by atoms with van der Waals surface area (Å²) in [4.78, 5) is 12.4. The van der Waals surface area contributed by atoms with Crippen molar-refractivity contribution in [3.05, 3.63) is 59.1 Å². The SMILES string of the molecule is COS(=O)(=O)OS(C)(C)c1ccc(OC(=O)OCc2ccccc2Cl)cc1. The van der Waals surface area contributed by atoms with Crippen molar-refractivity contribution in [3.8, 4) is 5.75 Å². The van der Waals surface area contributed by atoms with E-state index < -0.39 is 26.9 Å². The number of benzene rings is 2. The molecule has 0 aromatic heterocycles. The minimum Gasteiger partial charge on any atom is -0.429 e. The lowest BCUT2D eigenvalue weighted by Gasteiger charge is -2.29. The van der Waals surface area contributed by atoms with E-state index in [0.29, 0.717) is 15.5 Å². The molecule has 0 fully saturated rings. The van der Waals surface area contributed by atoms with Gasteiger partial charge in [0.05, 0.1) is 7.11 Å². The Morgan fingerprint density at radius 1 is 1.04 bits per heavy atom. The molecule has 7 nitrogen and oxygen atoms in total. The lowest BCUT2D eigenvalue weighted by atomic mass is 10.2. The Morgan fingerprint density at radius 2 is 1.67 bits per heavy atom. The molecule has 0 saturated carbocycles. The zero-order chi connectivity index (χ0) is 20.1. The lowest BCUT2D eigenvalue weighted by Crippen LogP contribution is -2.12. The average molecular weight is 435 g/mol. The third-order valence-electron chi connectivity index (χ3n) is 3.35. The molecule has 0 spiro atoms. The van der Waals surface area contributed by atoms with Crippen LogP contribution in [0.3, 0.4) is 0 Å². The average Bonchev–Trinajstić information content (AvgIpc) is 2.61. The molecule has 2 rings (SSSR count). The minimum atomic E-state index is -4.07. The first-order valence-corrected chi connectivity index (χ1v) is 11.6. The molecule has 0 amide bonds. The molecule has 148 valence electrons. The summed E-state index contributed by atoms with van der Waals surface area (Å²) in [6, 6.07) is 13.2. The highest BCUT2D eigenvalue weighted by molar-refractivity contribution is 8.31. The van der Waals surface area contributed by atoms with Crippen LogP contribution < -0.4 is 4.74 Å². The largest absolute Gasteiger partial charge is 0.514 e. The molecule has 0 aliphatic heterocycles. The van der Waals surface area contributed by atoms with E-state index in [4.69, 9.17) is 24.7 Å². The Morgan fingerprint density at radius 3 is 2.26 bits per heavy atom. The van der Waals surface area contributed by atoms with Crippen molar-refractivity contribution < 1.29 is 30.5 Å². The van der Waals surface area contributed by atoms with Crippen molar-refractivity contribution in [1.82, 2.24) is 0 Å². The maximum atomic E-state index is 11.8. The number of hydrogen-bond acceptors (Lipinski definition) is 7. The van der Waals surface area contributed by atoms with E-state index in [1.165, 1.54) is 12.1 Å². The molecule has 0 unspecified atom stereocenters. The van der Waals surface area contributed by atoms with Crippen molar-refractivity contribution in [2.24, 2.45) is 0 Å². The van der Waals surface area contributed by atoms with E-state index in [2.05, 4.69) is 4.18 Å². The second-order valence-electron chi connectivity index (χ2n) is 5.58. The van der Waals surface area contributed by atoms with Crippen LogP contribution >= 0.6 is 21.9 Å². The Hall–Kier alpha value is -1.78. The number of halogens is 1. The van der Waals surface area contributed by atoms with Gasteiger partial charge in [0.15, 0.2) is 0 Å². The highest BCUT2D eigenvalue weighted by atomic mass is 35.5. The van der Waals surface area contributed by atoms with E-state index in [-0.39, 0.29) is 12.4 Å². The van der Waals surface area contributed by atoms with E-state index in [1.54, 1.807) is 48.9 Å². The van der Waals surface area contributed by atoms with Crippen LogP contribution in [-0.4, -0.2) is 34.2 Å². The summed E-state index contributed by atoms with van der Waals surface area (Å²) in [6.45, 7) is -0.0174. The highest BCUT2D eigenvalue weighted by Gasteiger charge is 2.24. The number of ether oxygens (including phenoxy) is 2. The molecule has 0 heterocycles. The molecular weight excluding hydrogens is 416 g/mol. The quantitative estimate of drug-likeness (QED) is 0.474. The molecule has 0 atom stereocenters. The molecule has 0 radical (unpaired) electrons. The smallest absolute Gasteiger partial charge is 0.429 e. The zero-order valence-corrected chi connectivity index (χ0v) is 17.3. The maximum absolute atomic E-state index is 11.8. The molecule has 0 aliphatic carbocycles. The predicted octanol–water partition coefficient (Wildman–Crippen LogP) is 4.30. The summed E-state index contributed by atoms with van der Waals surface area (Å²) in [5.41, 5.74) is 0.660. The molecule has 0 saturated heterocycles. The van der Waals surface area contributed by atoms with Gasteiger partial charge in [-0.1, -0.05) is 40.1 Å². The molecule has 10 heteroatoms. The fourth-order valence-corrected chi connectivity index (χ4v) is 5.17. The van der Waals surface area contributed by atoms with E-state index >= 15 is 0 Å². The standard InChI is InChI=1S/C17H19ClO7S2/c1-22-27(20,21)25-26(2,3)15-10-8-14(9-11-15)24-17(19)23-12-13-6-4-5-7-16(13)18/h4-11H,12H2,1-3H3. The van der Waals surface area contributed by atoms with Crippen LogP contribution in [-0.2, 0) is 29.6 Å². The molecule has 27 heavy (non-hydrogen) atoms. The normalized spacial score (nSPS) is 12.4. The first-order valence-electron chi connectivity index (χ1n) is 7.56. The third-order valence-corrected chi connectivity index (χ3v) is 7.57. The van der Waals surface area contributed by atoms with Crippen molar-refractivity contribution in [2.75, 3.05) is 19.6 Å². The van der Waals surface area contributed by atoms with Gasteiger partial charge in [-0.3, -0.25) is 4.18 Å². The zero-order valence-electron chi connectivity index (χ0n) is 14.9. The molecule has 0 N–H and O–H groups in total. The Balaban J connectivity index is 1.97. The summed E-state index contributed by atoms with van der Waals surface area (Å²) < 4.78 is 42.5. The van der Waals surface area contributed by atoms with Gasteiger partial charge in [0, 0.05) is 15.5 Å². The van der Waals surface area contributed by atoms with Gasteiger partial charge < -0.3 is 9.47 Å². The number of carbonyl (C=O) groups is 1. The summed E-state index contributed by atoms with van der Waals surface area (Å²) in [5, 5.41) is 0.492. The van der Waals surface area contributed by atoms with Crippen molar-refractivity contribution in [3.63, 3.8) is 0 Å². The highest BCUT2D eigenvalue weighted by Crippen LogP contribution is 2.51. The third kappa shape index (κ3) is 6.40. The van der Waals surface area contributed by atoms with Gasteiger partial charge in [0.2, 0.25) is 0 Å². The second-order valence-corrected chi connectivity index (χ2v) is 10.6. The monoisotopic (exact) mass is 434 g/mol. The molecule has 0 bridgehead atoms. The molecule has 0 aliphatic rings. The van der Waals surface area contributed by atoms with Crippen LogP contribution in [0.1, 0.15) is 5.56 Å². The molecule has 2 aromatic rings.